The third kappa shape index (κ3) is 3.76. The molecule has 1 unspecified atom stereocenters. The predicted octanol–water partition coefficient (Wildman–Crippen LogP) is 4.67. The second-order valence-electron chi connectivity index (χ2n) is 7.53. The molecule has 0 amide bonds. The highest BCUT2D eigenvalue weighted by Crippen LogP contribution is 2.29. The summed E-state index contributed by atoms with van der Waals surface area (Å²) < 4.78 is 16.8. The number of benzene rings is 2. The van der Waals surface area contributed by atoms with Crippen molar-refractivity contribution in [2.24, 2.45) is 0 Å². The van der Waals surface area contributed by atoms with Gasteiger partial charge < -0.3 is 15.0 Å². The lowest BCUT2D eigenvalue weighted by Crippen LogP contribution is -2.15. The standard InChI is InChI=1S/C23H24FN5O/c1-14(2)29-15(3)26-23-18(24)9-17(10-21(23)29)19-11-25-12-22(27-19)28-20(13-30)16-7-5-4-6-8-16/h4-12,14,20,30H,13H2,1-3H3,(H,27,28). The number of aromatic nitrogens is 4. The van der Waals surface area contributed by atoms with Crippen molar-refractivity contribution in [1.82, 2.24) is 19.5 Å². The summed E-state index contributed by atoms with van der Waals surface area (Å²) in [6, 6.07) is 12.8. The summed E-state index contributed by atoms with van der Waals surface area (Å²) in [6.07, 6.45) is 3.19. The van der Waals surface area contributed by atoms with E-state index in [-0.39, 0.29) is 24.5 Å². The second-order valence-corrected chi connectivity index (χ2v) is 7.53. The van der Waals surface area contributed by atoms with Gasteiger partial charge in [0.05, 0.1) is 36.3 Å². The zero-order valence-electron chi connectivity index (χ0n) is 17.2. The van der Waals surface area contributed by atoms with Crippen molar-refractivity contribution < 1.29 is 9.50 Å². The van der Waals surface area contributed by atoms with Gasteiger partial charge in [-0.2, -0.15) is 0 Å². The molecule has 0 aliphatic rings. The highest BCUT2D eigenvalue weighted by molar-refractivity contribution is 5.82. The fourth-order valence-corrected chi connectivity index (χ4v) is 3.74. The molecular formula is C23H24FN5O. The van der Waals surface area contributed by atoms with Crippen LogP contribution in [0.4, 0.5) is 10.2 Å². The maximum atomic E-state index is 14.8. The fraction of sp³-hybridized carbons (Fsp3) is 0.261. The first-order chi connectivity index (χ1) is 14.5. The van der Waals surface area contributed by atoms with E-state index in [0.29, 0.717) is 22.6 Å². The summed E-state index contributed by atoms with van der Waals surface area (Å²) >= 11 is 0. The molecule has 7 heteroatoms. The summed E-state index contributed by atoms with van der Waals surface area (Å²) in [5.74, 6) is 0.887. The average molecular weight is 405 g/mol. The molecule has 154 valence electrons. The monoisotopic (exact) mass is 405 g/mol. The van der Waals surface area contributed by atoms with Crippen LogP contribution in [0.5, 0.6) is 0 Å². The molecule has 0 bridgehead atoms. The van der Waals surface area contributed by atoms with Crippen LogP contribution in [0, 0.1) is 12.7 Å². The maximum Gasteiger partial charge on any atom is 0.151 e. The first-order valence-electron chi connectivity index (χ1n) is 9.90. The Morgan fingerprint density at radius 1 is 1.10 bits per heavy atom. The number of hydrogen-bond donors (Lipinski definition) is 2. The van der Waals surface area contributed by atoms with Crippen molar-refractivity contribution >= 4 is 16.9 Å². The molecule has 4 rings (SSSR count). The van der Waals surface area contributed by atoms with Gasteiger partial charge >= 0.3 is 0 Å². The maximum absolute atomic E-state index is 14.8. The predicted molar refractivity (Wildman–Crippen MR) is 116 cm³/mol. The van der Waals surface area contributed by atoms with Crippen LogP contribution >= 0.6 is 0 Å². The quantitative estimate of drug-likeness (QED) is 0.488. The van der Waals surface area contributed by atoms with Crippen molar-refractivity contribution in [2.45, 2.75) is 32.9 Å². The topological polar surface area (TPSA) is 75.9 Å². The molecule has 6 nitrogen and oxygen atoms in total. The number of nitrogens with one attached hydrogen (secondary N) is 1. The van der Waals surface area contributed by atoms with E-state index in [1.165, 1.54) is 6.07 Å². The van der Waals surface area contributed by atoms with Crippen LogP contribution in [0.1, 0.15) is 37.3 Å². The molecule has 2 N–H and O–H groups in total. The number of aryl methyl sites for hydroxylation is 1. The Hall–Kier alpha value is -3.32. The number of nitrogens with zero attached hydrogens (tertiary/aromatic N) is 4. The van der Waals surface area contributed by atoms with Crippen LogP contribution in [-0.4, -0.2) is 31.2 Å². The van der Waals surface area contributed by atoms with Crippen molar-refractivity contribution in [3.8, 4) is 11.3 Å². The minimum atomic E-state index is -0.386. The van der Waals surface area contributed by atoms with Gasteiger partial charge in [-0.15, -0.1) is 0 Å². The lowest BCUT2D eigenvalue weighted by atomic mass is 10.1. The summed E-state index contributed by atoms with van der Waals surface area (Å²) in [4.78, 5) is 13.2. The average Bonchev–Trinajstić information content (AvgIpc) is 3.09. The van der Waals surface area contributed by atoms with E-state index >= 15 is 0 Å². The third-order valence-corrected chi connectivity index (χ3v) is 5.08. The van der Waals surface area contributed by atoms with Gasteiger partial charge in [-0.25, -0.2) is 14.4 Å². The second kappa shape index (κ2) is 8.20. The third-order valence-electron chi connectivity index (χ3n) is 5.08. The van der Waals surface area contributed by atoms with Crippen molar-refractivity contribution in [1.29, 1.82) is 0 Å². The Morgan fingerprint density at radius 2 is 1.87 bits per heavy atom. The minimum absolute atomic E-state index is 0.0939. The van der Waals surface area contributed by atoms with E-state index < -0.39 is 0 Å². The van der Waals surface area contributed by atoms with Crippen molar-refractivity contribution in [3.63, 3.8) is 0 Å². The molecule has 30 heavy (non-hydrogen) atoms. The molecule has 1 atom stereocenters. The molecular weight excluding hydrogens is 381 g/mol. The number of halogens is 1. The first-order valence-corrected chi connectivity index (χ1v) is 9.90. The van der Waals surface area contributed by atoms with E-state index in [4.69, 9.17) is 0 Å². The Balaban J connectivity index is 1.72. The van der Waals surface area contributed by atoms with Gasteiger partial charge in [0.2, 0.25) is 0 Å². The van der Waals surface area contributed by atoms with Crippen LogP contribution < -0.4 is 5.32 Å². The summed E-state index contributed by atoms with van der Waals surface area (Å²) in [7, 11) is 0. The van der Waals surface area contributed by atoms with Crippen LogP contribution in [0.3, 0.4) is 0 Å². The Labute approximate surface area is 174 Å². The number of hydrogen-bond acceptors (Lipinski definition) is 5. The summed E-state index contributed by atoms with van der Waals surface area (Å²) in [5.41, 5.74) is 3.20. The van der Waals surface area contributed by atoms with Gasteiger partial charge in [0.25, 0.3) is 0 Å². The number of fused-ring (bicyclic) bond motifs is 1. The molecule has 0 fully saturated rings. The Kier molecular flexibility index (Phi) is 5.46. The highest BCUT2D eigenvalue weighted by atomic mass is 19.1. The van der Waals surface area contributed by atoms with Gasteiger partial charge in [0.1, 0.15) is 17.2 Å². The molecule has 2 aromatic carbocycles. The minimum Gasteiger partial charge on any atom is -0.394 e. The van der Waals surface area contributed by atoms with Gasteiger partial charge in [-0.1, -0.05) is 30.3 Å². The zero-order valence-corrected chi connectivity index (χ0v) is 17.2. The van der Waals surface area contributed by atoms with Crippen LogP contribution in [0.15, 0.2) is 54.9 Å². The molecule has 2 heterocycles. The van der Waals surface area contributed by atoms with Crippen molar-refractivity contribution in [2.75, 3.05) is 11.9 Å². The van der Waals surface area contributed by atoms with E-state index in [2.05, 4.69) is 20.3 Å². The van der Waals surface area contributed by atoms with Crippen LogP contribution in [0.25, 0.3) is 22.3 Å². The lowest BCUT2D eigenvalue weighted by Gasteiger charge is -2.17. The van der Waals surface area contributed by atoms with Crippen LogP contribution in [0.2, 0.25) is 0 Å². The fourth-order valence-electron chi connectivity index (χ4n) is 3.74. The zero-order chi connectivity index (χ0) is 21.3. The SMILES string of the molecule is Cc1nc2c(F)cc(-c3cncc(NC(CO)c4ccccc4)n3)cc2n1C(C)C. The first kappa shape index (κ1) is 20.0. The molecule has 0 aliphatic heterocycles. The Morgan fingerprint density at radius 3 is 2.57 bits per heavy atom. The van der Waals surface area contributed by atoms with Crippen molar-refractivity contribution in [3.05, 3.63) is 72.1 Å². The molecule has 0 spiro atoms. The smallest absolute Gasteiger partial charge is 0.151 e. The van der Waals surface area contributed by atoms with Gasteiger partial charge in [0, 0.05) is 11.6 Å². The van der Waals surface area contributed by atoms with E-state index in [1.54, 1.807) is 12.4 Å². The largest absolute Gasteiger partial charge is 0.394 e. The van der Waals surface area contributed by atoms with Crippen LogP contribution in [-0.2, 0) is 0 Å². The number of rotatable bonds is 6. The molecule has 0 radical (unpaired) electrons. The Bertz CT molecular complexity index is 1170. The van der Waals surface area contributed by atoms with E-state index in [0.717, 1.165) is 16.9 Å². The van der Waals surface area contributed by atoms with E-state index in [1.807, 2.05) is 61.7 Å². The molecule has 0 aliphatic carbocycles. The van der Waals surface area contributed by atoms with Gasteiger partial charge in [0.15, 0.2) is 5.82 Å². The lowest BCUT2D eigenvalue weighted by molar-refractivity contribution is 0.276. The molecule has 0 saturated carbocycles. The summed E-state index contributed by atoms with van der Waals surface area (Å²) in [6.45, 7) is 5.87. The normalized spacial score (nSPS) is 12.5. The number of aliphatic hydroxyl groups excluding tert-OH is 1. The van der Waals surface area contributed by atoms with Gasteiger partial charge in [-0.05, 0) is 38.5 Å². The molecule has 0 saturated heterocycles. The number of imidazole rings is 1. The van der Waals surface area contributed by atoms with Gasteiger partial charge in [-0.3, -0.25) is 4.98 Å². The molecule has 4 aromatic rings. The summed E-state index contributed by atoms with van der Waals surface area (Å²) in [5, 5.41) is 13.0. The molecule has 2 aromatic heterocycles. The number of anilines is 1. The van der Waals surface area contributed by atoms with E-state index in [9.17, 15) is 9.50 Å². The highest BCUT2D eigenvalue weighted by Gasteiger charge is 2.17. The number of aliphatic hydroxyl groups is 1.